The molecule has 1 amide bonds. The fraction of sp³-hybridized carbons (Fsp3) is 0.435. The van der Waals surface area contributed by atoms with Gasteiger partial charge in [0.05, 0.1) is 18.1 Å². The molecule has 30 heavy (non-hydrogen) atoms. The molecule has 160 valence electrons. The lowest BCUT2D eigenvalue weighted by Gasteiger charge is -2.19. The fourth-order valence-corrected chi connectivity index (χ4v) is 4.91. The predicted molar refractivity (Wildman–Crippen MR) is 115 cm³/mol. The molecule has 2 fully saturated rings. The number of sulfone groups is 1. The van der Waals surface area contributed by atoms with Gasteiger partial charge in [0.2, 0.25) is 5.91 Å². The number of anilines is 1. The second-order valence-electron chi connectivity index (χ2n) is 8.11. The van der Waals surface area contributed by atoms with Crippen LogP contribution < -0.4 is 14.4 Å². The van der Waals surface area contributed by atoms with E-state index >= 15 is 0 Å². The predicted octanol–water partition coefficient (Wildman–Crippen LogP) is 3.94. The average molecular weight is 430 g/mol. The maximum absolute atomic E-state index is 12.7. The molecule has 1 atom stereocenters. The lowest BCUT2D eigenvalue weighted by atomic mass is 9.98. The van der Waals surface area contributed by atoms with E-state index in [1.165, 1.54) is 19.1 Å². The molecular formula is C23H27NO5S. The molecule has 4 rings (SSSR count). The van der Waals surface area contributed by atoms with Crippen LogP contribution in [0.4, 0.5) is 5.69 Å². The van der Waals surface area contributed by atoms with E-state index in [4.69, 9.17) is 9.47 Å². The first-order valence-electron chi connectivity index (χ1n) is 10.3. The minimum absolute atomic E-state index is 0.0289. The van der Waals surface area contributed by atoms with Crippen LogP contribution in [0.25, 0.3) is 0 Å². The summed E-state index contributed by atoms with van der Waals surface area (Å²) < 4.78 is 35.0. The number of rotatable bonds is 6. The summed E-state index contributed by atoms with van der Waals surface area (Å²) >= 11 is 0. The molecule has 1 saturated heterocycles. The molecule has 0 radical (unpaired) electrons. The molecule has 1 unspecified atom stereocenters. The second kappa shape index (κ2) is 8.30. The summed E-state index contributed by atoms with van der Waals surface area (Å²) in [6.07, 6.45) is 6.31. The summed E-state index contributed by atoms with van der Waals surface area (Å²) in [6.45, 7) is 0.548. The van der Waals surface area contributed by atoms with E-state index in [2.05, 4.69) is 0 Å². The number of benzene rings is 2. The summed E-state index contributed by atoms with van der Waals surface area (Å²) in [5, 5.41) is 0. The highest BCUT2D eigenvalue weighted by Crippen LogP contribution is 2.38. The van der Waals surface area contributed by atoms with Crippen LogP contribution in [0.1, 0.15) is 43.6 Å². The Morgan fingerprint density at radius 2 is 1.70 bits per heavy atom. The third-order valence-electron chi connectivity index (χ3n) is 5.96. The Hall–Kier alpha value is -2.54. The SMILES string of the molecule is COc1ccc(C2CC(=O)N(c3ccc(S(C)(=O)=O)cc3)C2)cc1OC1CCCC1. The van der Waals surface area contributed by atoms with E-state index in [0.29, 0.717) is 24.4 Å². The highest BCUT2D eigenvalue weighted by Gasteiger charge is 2.32. The van der Waals surface area contributed by atoms with Gasteiger partial charge in [0.15, 0.2) is 21.3 Å². The van der Waals surface area contributed by atoms with Gasteiger partial charge >= 0.3 is 0 Å². The summed E-state index contributed by atoms with van der Waals surface area (Å²) in [5.74, 6) is 1.53. The molecule has 0 bridgehead atoms. The largest absolute Gasteiger partial charge is 0.493 e. The zero-order chi connectivity index (χ0) is 21.3. The van der Waals surface area contributed by atoms with Crippen LogP contribution in [0.3, 0.4) is 0 Å². The van der Waals surface area contributed by atoms with E-state index in [1.54, 1.807) is 36.3 Å². The van der Waals surface area contributed by atoms with Crippen LogP contribution >= 0.6 is 0 Å². The van der Waals surface area contributed by atoms with E-state index in [-0.39, 0.29) is 22.8 Å². The minimum atomic E-state index is -3.26. The van der Waals surface area contributed by atoms with Gasteiger partial charge in [0, 0.05) is 30.8 Å². The number of hydrogen-bond acceptors (Lipinski definition) is 5. The Morgan fingerprint density at radius 1 is 1.00 bits per heavy atom. The Labute approximate surface area is 177 Å². The van der Waals surface area contributed by atoms with Gasteiger partial charge in [0.25, 0.3) is 0 Å². The number of carbonyl (C=O) groups is 1. The van der Waals surface area contributed by atoms with Crippen molar-refractivity contribution >= 4 is 21.4 Å². The molecule has 0 spiro atoms. The summed E-state index contributed by atoms with van der Waals surface area (Å²) in [7, 11) is -1.62. The molecule has 2 aliphatic rings. The number of nitrogens with zero attached hydrogens (tertiary/aromatic N) is 1. The number of carbonyl (C=O) groups excluding carboxylic acids is 1. The number of ether oxygens (including phenoxy) is 2. The topological polar surface area (TPSA) is 72.9 Å². The standard InChI is InChI=1S/C23H27NO5S/c1-28-21-12-7-16(13-22(21)29-19-5-3-4-6-19)17-14-23(25)24(15-17)18-8-10-20(11-9-18)30(2,26)27/h7-13,17,19H,3-6,14-15H2,1-2H3. The van der Waals surface area contributed by atoms with E-state index in [0.717, 1.165) is 24.2 Å². The Balaban J connectivity index is 1.53. The van der Waals surface area contributed by atoms with Crippen LogP contribution in [-0.4, -0.2) is 40.3 Å². The molecule has 1 aliphatic carbocycles. The smallest absolute Gasteiger partial charge is 0.227 e. The maximum Gasteiger partial charge on any atom is 0.227 e. The van der Waals surface area contributed by atoms with Gasteiger partial charge in [-0.3, -0.25) is 4.79 Å². The van der Waals surface area contributed by atoms with Crippen molar-refractivity contribution in [2.45, 2.75) is 49.0 Å². The highest BCUT2D eigenvalue weighted by molar-refractivity contribution is 7.90. The van der Waals surface area contributed by atoms with Crippen molar-refractivity contribution in [1.29, 1.82) is 0 Å². The van der Waals surface area contributed by atoms with Gasteiger partial charge in [-0.05, 0) is 67.6 Å². The highest BCUT2D eigenvalue weighted by atomic mass is 32.2. The molecular weight excluding hydrogens is 402 g/mol. The van der Waals surface area contributed by atoms with Gasteiger partial charge in [-0.1, -0.05) is 6.07 Å². The van der Waals surface area contributed by atoms with Gasteiger partial charge < -0.3 is 14.4 Å². The third kappa shape index (κ3) is 4.31. The normalized spacial score (nSPS) is 20.0. The molecule has 0 aromatic heterocycles. The molecule has 1 heterocycles. The molecule has 1 saturated carbocycles. The summed E-state index contributed by atoms with van der Waals surface area (Å²) in [5.41, 5.74) is 1.76. The zero-order valence-electron chi connectivity index (χ0n) is 17.3. The van der Waals surface area contributed by atoms with E-state index in [9.17, 15) is 13.2 Å². The quantitative estimate of drug-likeness (QED) is 0.695. The van der Waals surface area contributed by atoms with Crippen molar-refractivity contribution < 1.29 is 22.7 Å². The van der Waals surface area contributed by atoms with Crippen LogP contribution in [0.5, 0.6) is 11.5 Å². The molecule has 1 aliphatic heterocycles. The van der Waals surface area contributed by atoms with Crippen LogP contribution in [0.2, 0.25) is 0 Å². The number of amides is 1. The third-order valence-corrected chi connectivity index (χ3v) is 7.08. The first kappa shape index (κ1) is 20.7. The Kier molecular flexibility index (Phi) is 5.73. The summed E-state index contributed by atoms with van der Waals surface area (Å²) in [6, 6.07) is 12.4. The monoisotopic (exact) mass is 429 g/mol. The van der Waals surface area contributed by atoms with Crippen molar-refractivity contribution in [2.75, 3.05) is 24.8 Å². The molecule has 6 nitrogen and oxygen atoms in total. The van der Waals surface area contributed by atoms with E-state index < -0.39 is 9.84 Å². The van der Waals surface area contributed by atoms with E-state index in [1.807, 2.05) is 18.2 Å². The first-order valence-corrected chi connectivity index (χ1v) is 12.2. The van der Waals surface area contributed by atoms with Crippen molar-refractivity contribution in [3.8, 4) is 11.5 Å². The van der Waals surface area contributed by atoms with Crippen molar-refractivity contribution in [3.05, 3.63) is 48.0 Å². The minimum Gasteiger partial charge on any atom is -0.493 e. The van der Waals surface area contributed by atoms with Crippen LogP contribution in [0, 0.1) is 0 Å². The van der Waals surface area contributed by atoms with Gasteiger partial charge in [-0.2, -0.15) is 0 Å². The van der Waals surface area contributed by atoms with Gasteiger partial charge in [-0.25, -0.2) is 8.42 Å². The first-order chi connectivity index (χ1) is 14.3. The zero-order valence-corrected chi connectivity index (χ0v) is 18.2. The van der Waals surface area contributed by atoms with Crippen molar-refractivity contribution in [1.82, 2.24) is 0 Å². The lowest BCUT2D eigenvalue weighted by Crippen LogP contribution is -2.24. The fourth-order valence-electron chi connectivity index (χ4n) is 4.28. The molecule has 2 aromatic rings. The second-order valence-corrected chi connectivity index (χ2v) is 10.1. The van der Waals surface area contributed by atoms with Crippen LogP contribution in [0.15, 0.2) is 47.4 Å². The molecule has 0 N–H and O–H groups in total. The number of hydrogen-bond donors (Lipinski definition) is 0. The number of methoxy groups -OCH3 is 1. The average Bonchev–Trinajstić information content (AvgIpc) is 3.37. The molecule has 2 aromatic carbocycles. The Bertz CT molecular complexity index is 1030. The molecule has 7 heteroatoms. The van der Waals surface area contributed by atoms with Crippen LogP contribution in [-0.2, 0) is 14.6 Å². The maximum atomic E-state index is 12.7. The van der Waals surface area contributed by atoms with Crippen molar-refractivity contribution in [2.24, 2.45) is 0 Å². The van der Waals surface area contributed by atoms with Gasteiger partial charge in [-0.15, -0.1) is 0 Å². The Morgan fingerprint density at radius 3 is 2.33 bits per heavy atom. The van der Waals surface area contributed by atoms with Crippen molar-refractivity contribution in [3.63, 3.8) is 0 Å². The lowest BCUT2D eigenvalue weighted by molar-refractivity contribution is -0.117. The van der Waals surface area contributed by atoms with Gasteiger partial charge in [0.1, 0.15) is 0 Å². The summed E-state index contributed by atoms with van der Waals surface area (Å²) in [4.78, 5) is 14.6.